The van der Waals surface area contributed by atoms with Crippen LogP contribution in [0.4, 0.5) is 0 Å². The van der Waals surface area contributed by atoms with Crippen LogP contribution in [0.3, 0.4) is 0 Å². The predicted octanol–water partition coefficient (Wildman–Crippen LogP) is 1.46. The first-order valence-electron chi connectivity index (χ1n) is 3.84. The van der Waals surface area contributed by atoms with Gasteiger partial charge in [0.25, 0.3) is 0 Å². The molecule has 0 fully saturated rings. The third-order valence-electron chi connectivity index (χ3n) is 2.15. The van der Waals surface area contributed by atoms with Crippen LogP contribution in [0.15, 0.2) is 0 Å². The third-order valence-corrected chi connectivity index (χ3v) is 2.74. The quantitative estimate of drug-likeness (QED) is 0.698. The Hall–Kier alpha value is -0.250. The molecule has 12 heavy (non-hydrogen) atoms. The van der Waals surface area contributed by atoms with Crippen molar-refractivity contribution in [2.24, 2.45) is 5.73 Å². The largest absolute Gasteiger partial charge is 0.326 e. The average Bonchev–Trinajstić information content (AvgIpc) is 2.28. The van der Waals surface area contributed by atoms with Gasteiger partial charge in [0.2, 0.25) is 5.28 Å². The zero-order valence-corrected chi connectivity index (χ0v) is 7.94. The molecule has 1 unspecified atom stereocenters. The minimum atomic E-state index is 0.181. The summed E-state index contributed by atoms with van der Waals surface area (Å²) in [5.41, 5.74) is 6.79. The van der Waals surface area contributed by atoms with Crippen LogP contribution in [-0.4, -0.2) is 15.6 Å². The number of nitrogens with two attached hydrogens (primary N) is 1. The van der Waals surface area contributed by atoms with E-state index in [4.69, 9.17) is 28.9 Å². The number of halogens is 2. The van der Waals surface area contributed by atoms with E-state index in [0.717, 1.165) is 25.1 Å². The van der Waals surface area contributed by atoms with Crippen LogP contribution in [0.25, 0.3) is 0 Å². The van der Waals surface area contributed by atoms with Gasteiger partial charge in [0.05, 0.1) is 5.69 Å². The van der Waals surface area contributed by atoms with Gasteiger partial charge in [0.15, 0.2) is 5.15 Å². The highest BCUT2D eigenvalue weighted by molar-refractivity contribution is 6.32. The van der Waals surface area contributed by atoms with E-state index in [1.165, 1.54) is 0 Å². The van der Waals surface area contributed by atoms with E-state index in [1.54, 1.807) is 0 Å². The van der Waals surface area contributed by atoms with E-state index in [2.05, 4.69) is 4.98 Å². The molecule has 3 nitrogen and oxygen atoms in total. The summed E-state index contributed by atoms with van der Waals surface area (Å²) in [4.78, 5) is 3.97. The molecular formula is C7H9Cl2N3. The van der Waals surface area contributed by atoms with Crippen LogP contribution in [0.5, 0.6) is 0 Å². The maximum absolute atomic E-state index is 5.85. The van der Waals surface area contributed by atoms with Gasteiger partial charge in [-0.1, -0.05) is 11.6 Å². The van der Waals surface area contributed by atoms with Gasteiger partial charge in [0, 0.05) is 12.6 Å². The van der Waals surface area contributed by atoms with Gasteiger partial charge in [0.1, 0.15) is 0 Å². The molecule has 0 aromatic carbocycles. The van der Waals surface area contributed by atoms with E-state index in [-0.39, 0.29) is 6.04 Å². The Bertz CT molecular complexity index is 308. The topological polar surface area (TPSA) is 43.8 Å². The molecule has 2 rings (SSSR count). The Morgan fingerprint density at radius 3 is 3.00 bits per heavy atom. The highest BCUT2D eigenvalue weighted by Crippen LogP contribution is 2.26. The summed E-state index contributed by atoms with van der Waals surface area (Å²) in [6, 6.07) is 0.181. The lowest BCUT2D eigenvalue weighted by Gasteiger charge is -2.20. The highest BCUT2D eigenvalue weighted by atomic mass is 35.5. The van der Waals surface area contributed by atoms with E-state index < -0.39 is 0 Å². The summed E-state index contributed by atoms with van der Waals surface area (Å²) in [7, 11) is 0. The molecule has 1 aliphatic rings. The highest BCUT2D eigenvalue weighted by Gasteiger charge is 2.21. The van der Waals surface area contributed by atoms with Crippen molar-refractivity contribution in [2.45, 2.75) is 25.4 Å². The summed E-state index contributed by atoms with van der Waals surface area (Å²) >= 11 is 11.7. The number of aromatic nitrogens is 2. The molecule has 0 saturated carbocycles. The van der Waals surface area contributed by atoms with Crippen molar-refractivity contribution in [1.29, 1.82) is 0 Å². The second-order valence-electron chi connectivity index (χ2n) is 3.03. The van der Waals surface area contributed by atoms with Gasteiger partial charge in [-0.05, 0) is 24.4 Å². The van der Waals surface area contributed by atoms with E-state index in [1.807, 2.05) is 4.57 Å². The third kappa shape index (κ3) is 1.22. The molecule has 5 heteroatoms. The van der Waals surface area contributed by atoms with Crippen molar-refractivity contribution < 1.29 is 0 Å². The maximum Gasteiger partial charge on any atom is 0.204 e. The Kier molecular flexibility index (Phi) is 2.02. The monoisotopic (exact) mass is 205 g/mol. The van der Waals surface area contributed by atoms with Crippen molar-refractivity contribution in [1.82, 2.24) is 9.55 Å². The number of nitrogens with zero attached hydrogens (tertiary/aromatic N) is 2. The van der Waals surface area contributed by atoms with Crippen LogP contribution in [-0.2, 0) is 13.0 Å². The number of hydrogen-bond donors (Lipinski definition) is 1. The van der Waals surface area contributed by atoms with Crippen LogP contribution in [0, 0.1) is 0 Å². The molecule has 0 saturated heterocycles. The zero-order chi connectivity index (χ0) is 8.72. The SMILES string of the molecule is NC1CCc2c(Cl)nc(Cl)n2C1. The summed E-state index contributed by atoms with van der Waals surface area (Å²) in [5, 5.41) is 0.969. The lowest BCUT2D eigenvalue weighted by molar-refractivity contribution is 0.461. The fourth-order valence-corrected chi connectivity index (χ4v) is 2.08. The van der Waals surface area contributed by atoms with Gasteiger partial charge >= 0.3 is 0 Å². The second kappa shape index (κ2) is 2.91. The number of fused-ring (bicyclic) bond motifs is 1. The first-order valence-corrected chi connectivity index (χ1v) is 4.60. The fourth-order valence-electron chi connectivity index (χ4n) is 1.50. The standard InChI is InChI=1S/C7H9Cl2N3/c8-6-5-2-1-4(10)3-12(5)7(9)11-6/h4H,1-3,10H2. The van der Waals surface area contributed by atoms with Gasteiger partial charge in [-0.15, -0.1) is 0 Å². The van der Waals surface area contributed by atoms with Crippen molar-refractivity contribution >= 4 is 23.2 Å². The average molecular weight is 206 g/mol. The smallest absolute Gasteiger partial charge is 0.204 e. The van der Waals surface area contributed by atoms with Crippen LogP contribution in [0.1, 0.15) is 12.1 Å². The first kappa shape index (κ1) is 8.35. The summed E-state index contributed by atoms with van der Waals surface area (Å²) < 4.78 is 1.89. The number of hydrogen-bond acceptors (Lipinski definition) is 2. The molecule has 1 aliphatic heterocycles. The molecule has 1 aromatic heterocycles. The van der Waals surface area contributed by atoms with Gasteiger partial charge in [-0.25, -0.2) is 4.98 Å². The van der Waals surface area contributed by atoms with E-state index >= 15 is 0 Å². The van der Waals surface area contributed by atoms with Gasteiger partial charge in [-0.2, -0.15) is 0 Å². The minimum absolute atomic E-state index is 0.181. The Morgan fingerprint density at radius 2 is 2.25 bits per heavy atom. The summed E-state index contributed by atoms with van der Waals surface area (Å²) in [6.07, 6.45) is 1.83. The van der Waals surface area contributed by atoms with Crippen molar-refractivity contribution in [3.05, 3.63) is 16.1 Å². The molecule has 0 aliphatic carbocycles. The molecule has 2 heterocycles. The van der Waals surface area contributed by atoms with Crippen LogP contribution >= 0.6 is 23.2 Å². The number of imidazole rings is 1. The molecule has 0 radical (unpaired) electrons. The second-order valence-corrected chi connectivity index (χ2v) is 3.72. The normalized spacial score (nSPS) is 22.4. The maximum atomic E-state index is 5.85. The van der Waals surface area contributed by atoms with Crippen LogP contribution < -0.4 is 5.73 Å². The molecule has 0 bridgehead atoms. The molecule has 0 amide bonds. The zero-order valence-electron chi connectivity index (χ0n) is 6.43. The lowest BCUT2D eigenvalue weighted by atomic mass is 10.1. The number of rotatable bonds is 0. The van der Waals surface area contributed by atoms with Gasteiger partial charge < -0.3 is 10.3 Å². The Labute approximate surface area is 80.5 Å². The van der Waals surface area contributed by atoms with Crippen molar-refractivity contribution in [3.8, 4) is 0 Å². The van der Waals surface area contributed by atoms with Crippen molar-refractivity contribution in [2.75, 3.05) is 0 Å². The molecule has 1 aromatic rings. The fraction of sp³-hybridized carbons (Fsp3) is 0.571. The molecule has 66 valence electrons. The predicted molar refractivity (Wildman–Crippen MR) is 48.5 cm³/mol. The minimum Gasteiger partial charge on any atom is -0.326 e. The molecule has 2 N–H and O–H groups in total. The van der Waals surface area contributed by atoms with E-state index in [0.29, 0.717) is 10.4 Å². The summed E-state index contributed by atoms with van der Waals surface area (Å²) in [5.74, 6) is 0. The van der Waals surface area contributed by atoms with Gasteiger partial charge in [-0.3, -0.25) is 0 Å². The Balaban J connectivity index is 2.45. The molecule has 0 spiro atoms. The Morgan fingerprint density at radius 1 is 1.50 bits per heavy atom. The van der Waals surface area contributed by atoms with Crippen molar-refractivity contribution in [3.63, 3.8) is 0 Å². The van der Waals surface area contributed by atoms with E-state index in [9.17, 15) is 0 Å². The molecule has 1 atom stereocenters. The summed E-state index contributed by atoms with van der Waals surface area (Å²) in [6.45, 7) is 0.730. The first-order chi connectivity index (χ1) is 5.68. The molecular weight excluding hydrogens is 197 g/mol. The van der Waals surface area contributed by atoms with Crippen LogP contribution in [0.2, 0.25) is 10.4 Å². The lowest BCUT2D eigenvalue weighted by Crippen LogP contribution is -2.31.